The fourth-order valence-electron chi connectivity index (χ4n) is 1.82. The monoisotopic (exact) mass is 258 g/mol. The largest absolute Gasteiger partial charge is 0.317 e. The molecule has 1 aliphatic rings. The number of rotatable bonds is 4. The van der Waals surface area contributed by atoms with Crippen molar-refractivity contribution in [3.05, 3.63) is 59.7 Å². The van der Waals surface area contributed by atoms with Crippen LogP contribution in [0.1, 0.15) is 20.8 Å². The Hall–Kier alpha value is -1.12. The van der Waals surface area contributed by atoms with Crippen LogP contribution >= 0.6 is 0 Å². The third-order valence-electron chi connectivity index (χ3n) is 2.72. The van der Waals surface area contributed by atoms with Crippen LogP contribution in [0.4, 0.5) is 0 Å². The van der Waals surface area contributed by atoms with E-state index in [0.717, 1.165) is 13.1 Å². The Bertz CT molecular complexity index is 379. The summed E-state index contributed by atoms with van der Waals surface area (Å²) >= 11 is 0. The van der Waals surface area contributed by atoms with E-state index in [2.05, 4.69) is 74.6 Å². The van der Waals surface area contributed by atoms with Crippen LogP contribution in [-0.4, -0.2) is 22.6 Å². The molecular weight excluding hydrogens is 234 g/mol. The maximum absolute atomic E-state index is 3.11. The summed E-state index contributed by atoms with van der Waals surface area (Å²) in [6, 6.07) is 10.8. The van der Waals surface area contributed by atoms with Crippen LogP contribution in [0.2, 0.25) is 0 Å². The van der Waals surface area contributed by atoms with Crippen LogP contribution in [0.5, 0.6) is 0 Å². The summed E-state index contributed by atoms with van der Waals surface area (Å²) < 4.78 is 0. The van der Waals surface area contributed by atoms with E-state index in [1.54, 1.807) is 5.54 Å². The van der Waals surface area contributed by atoms with Crippen LogP contribution in [-0.2, 0) is 0 Å². The molecule has 0 unspecified atom stereocenters. The predicted octanol–water partition coefficient (Wildman–Crippen LogP) is 2.14. The zero-order chi connectivity index (χ0) is 13.2. The highest BCUT2D eigenvalue weighted by atomic mass is 28.2. The third kappa shape index (κ3) is 5.99. The van der Waals surface area contributed by atoms with Crippen LogP contribution < -0.4 is 10.5 Å². The Balaban J connectivity index is 0.000000280. The van der Waals surface area contributed by atoms with Crippen molar-refractivity contribution in [3.63, 3.8) is 0 Å². The minimum atomic E-state index is -0.213. The van der Waals surface area contributed by atoms with Crippen molar-refractivity contribution >= 4 is 14.7 Å². The molecular formula is C16H24NSi. The molecule has 0 bridgehead atoms. The summed E-state index contributed by atoms with van der Waals surface area (Å²) in [6.07, 6.45) is 6.76. The zero-order valence-corrected chi connectivity index (χ0v) is 13.2. The van der Waals surface area contributed by atoms with Crippen LogP contribution in [0.25, 0.3) is 0 Å². The van der Waals surface area contributed by atoms with Gasteiger partial charge in [0, 0.05) is 5.54 Å². The lowest BCUT2D eigenvalue weighted by atomic mass is 10.3. The number of benzene rings is 1. The Morgan fingerprint density at radius 3 is 2.11 bits per heavy atom. The predicted molar refractivity (Wildman–Crippen MR) is 85.0 cm³/mol. The molecule has 2 rings (SSSR count). The van der Waals surface area contributed by atoms with Gasteiger partial charge in [0.1, 0.15) is 0 Å². The Kier molecular flexibility index (Phi) is 7.38. The summed E-state index contributed by atoms with van der Waals surface area (Å²) in [5, 5.41) is 4.63. The van der Waals surface area contributed by atoms with Gasteiger partial charge in [-0.25, -0.2) is 0 Å². The molecule has 0 fully saturated rings. The van der Waals surface area contributed by atoms with Gasteiger partial charge < -0.3 is 5.32 Å². The van der Waals surface area contributed by atoms with Gasteiger partial charge in [0.05, 0.1) is 9.52 Å². The van der Waals surface area contributed by atoms with Crippen molar-refractivity contribution in [3.8, 4) is 0 Å². The first-order valence-corrected chi connectivity index (χ1v) is 8.14. The SMILES string of the molecule is CC1=C[C]([SiH2]c2ccccc2)C=C1.CCNCC. The molecule has 1 aromatic rings. The molecule has 2 heteroatoms. The van der Waals surface area contributed by atoms with Gasteiger partial charge >= 0.3 is 0 Å². The average molecular weight is 258 g/mol. The highest BCUT2D eigenvalue weighted by molar-refractivity contribution is 6.60. The molecule has 0 aromatic heterocycles. The van der Waals surface area contributed by atoms with Crippen molar-refractivity contribution in [2.75, 3.05) is 13.1 Å². The lowest BCUT2D eigenvalue weighted by molar-refractivity contribution is 0.762. The van der Waals surface area contributed by atoms with E-state index < -0.39 is 0 Å². The first-order valence-electron chi connectivity index (χ1n) is 6.73. The zero-order valence-electron chi connectivity index (χ0n) is 11.7. The highest BCUT2D eigenvalue weighted by Gasteiger charge is 2.08. The first kappa shape index (κ1) is 14.9. The Morgan fingerprint density at radius 2 is 1.67 bits per heavy atom. The minimum absolute atomic E-state index is 0.213. The van der Waals surface area contributed by atoms with Gasteiger partial charge in [0.15, 0.2) is 0 Å². The molecule has 0 saturated heterocycles. The fourth-order valence-corrected chi connectivity index (χ4v) is 3.46. The van der Waals surface area contributed by atoms with Crippen LogP contribution in [0, 0.1) is 5.54 Å². The molecule has 0 atom stereocenters. The van der Waals surface area contributed by atoms with E-state index in [-0.39, 0.29) is 9.52 Å². The average Bonchev–Trinajstić information content (AvgIpc) is 2.78. The van der Waals surface area contributed by atoms with Crippen LogP contribution in [0.15, 0.2) is 54.1 Å². The van der Waals surface area contributed by atoms with E-state index in [1.165, 1.54) is 10.8 Å². The molecule has 0 amide bonds. The second-order valence-corrected chi connectivity index (χ2v) is 6.40. The highest BCUT2D eigenvalue weighted by Crippen LogP contribution is 2.15. The summed E-state index contributed by atoms with van der Waals surface area (Å²) in [4.78, 5) is 0. The van der Waals surface area contributed by atoms with Gasteiger partial charge in [0.2, 0.25) is 0 Å². The normalized spacial score (nSPS) is 14.7. The molecule has 0 saturated carbocycles. The maximum Gasteiger partial charge on any atom is 0.0713 e. The van der Waals surface area contributed by atoms with Gasteiger partial charge in [-0.3, -0.25) is 0 Å². The lowest BCUT2D eigenvalue weighted by Crippen LogP contribution is -2.18. The molecule has 0 aliphatic heterocycles. The number of hydrogen-bond acceptors (Lipinski definition) is 1. The quantitative estimate of drug-likeness (QED) is 0.816. The van der Waals surface area contributed by atoms with E-state index in [4.69, 9.17) is 0 Å². The molecule has 1 aliphatic carbocycles. The van der Waals surface area contributed by atoms with E-state index in [9.17, 15) is 0 Å². The molecule has 1 N–H and O–H groups in total. The van der Waals surface area contributed by atoms with Gasteiger partial charge in [-0.05, 0) is 20.0 Å². The van der Waals surface area contributed by atoms with Crippen molar-refractivity contribution in [1.82, 2.24) is 5.32 Å². The van der Waals surface area contributed by atoms with Gasteiger partial charge in [-0.15, -0.1) is 0 Å². The van der Waals surface area contributed by atoms with Crippen molar-refractivity contribution in [2.45, 2.75) is 20.8 Å². The van der Waals surface area contributed by atoms with Crippen molar-refractivity contribution in [1.29, 1.82) is 0 Å². The minimum Gasteiger partial charge on any atom is -0.317 e. The smallest absolute Gasteiger partial charge is 0.0713 e. The molecule has 0 heterocycles. The molecule has 1 aromatic carbocycles. The Morgan fingerprint density at radius 1 is 1.00 bits per heavy atom. The van der Waals surface area contributed by atoms with Crippen molar-refractivity contribution < 1.29 is 0 Å². The summed E-state index contributed by atoms with van der Waals surface area (Å²) in [5.41, 5.74) is 2.93. The second kappa shape index (κ2) is 8.89. The number of hydrogen-bond donors (Lipinski definition) is 1. The van der Waals surface area contributed by atoms with E-state index in [0.29, 0.717) is 0 Å². The topological polar surface area (TPSA) is 12.0 Å². The molecule has 18 heavy (non-hydrogen) atoms. The van der Waals surface area contributed by atoms with Crippen LogP contribution in [0.3, 0.4) is 0 Å². The molecule has 1 nitrogen and oxygen atoms in total. The Labute approximate surface area is 114 Å². The lowest BCUT2D eigenvalue weighted by Gasteiger charge is -2.02. The van der Waals surface area contributed by atoms with Gasteiger partial charge in [-0.2, -0.15) is 0 Å². The van der Waals surface area contributed by atoms with Gasteiger partial charge in [-0.1, -0.05) is 73.2 Å². The standard InChI is InChI=1S/C12H13Si.C4H11N/c1-10-7-8-12(9-10)13-11-5-3-2-4-6-11;1-3-5-4-2/h2-9H,13H2,1H3;5H,3-4H2,1-2H3. The maximum atomic E-state index is 3.11. The fraction of sp³-hybridized carbons (Fsp3) is 0.312. The molecule has 1 radical (unpaired) electrons. The van der Waals surface area contributed by atoms with Crippen molar-refractivity contribution in [2.24, 2.45) is 0 Å². The molecule has 97 valence electrons. The van der Waals surface area contributed by atoms with Gasteiger partial charge in [0.25, 0.3) is 0 Å². The van der Waals surface area contributed by atoms with E-state index >= 15 is 0 Å². The third-order valence-corrected chi connectivity index (χ3v) is 4.45. The second-order valence-electron chi connectivity index (χ2n) is 4.42. The summed E-state index contributed by atoms with van der Waals surface area (Å²) in [6.45, 7) is 8.54. The summed E-state index contributed by atoms with van der Waals surface area (Å²) in [5.74, 6) is 0. The first-order chi connectivity index (χ1) is 8.76. The number of nitrogens with one attached hydrogen (secondary N) is 1. The van der Waals surface area contributed by atoms with E-state index in [1.807, 2.05) is 0 Å². The summed E-state index contributed by atoms with van der Waals surface area (Å²) in [7, 11) is -0.213. The molecule has 0 spiro atoms. The number of allylic oxidation sites excluding steroid dienone is 4.